The van der Waals surface area contributed by atoms with Gasteiger partial charge in [0.05, 0.1) is 18.8 Å². The highest BCUT2D eigenvalue weighted by atomic mass is 35.5. The minimum Gasteiger partial charge on any atom is -0.495 e. The summed E-state index contributed by atoms with van der Waals surface area (Å²) >= 11 is 5.91. The molecule has 0 radical (unpaired) electrons. The molecule has 138 valence electrons. The minimum absolute atomic E-state index is 0.221. The van der Waals surface area contributed by atoms with Crippen LogP contribution >= 0.6 is 11.6 Å². The van der Waals surface area contributed by atoms with E-state index >= 15 is 0 Å². The average Bonchev–Trinajstić information content (AvgIpc) is 2.66. The number of hydrogen-bond donors (Lipinski definition) is 2. The minimum atomic E-state index is -1.41. The van der Waals surface area contributed by atoms with Gasteiger partial charge in [0.1, 0.15) is 5.75 Å². The van der Waals surface area contributed by atoms with Crippen LogP contribution in [-0.2, 0) is 16.1 Å². The number of aliphatic hydroxyl groups is 1. The van der Waals surface area contributed by atoms with Gasteiger partial charge in [-0.15, -0.1) is 0 Å². The molecule has 0 aliphatic carbocycles. The molecular formula is C19H21ClN2O4. The molecule has 0 aliphatic heterocycles. The second-order valence-electron chi connectivity index (χ2n) is 5.72. The fourth-order valence-corrected chi connectivity index (χ4v) is 2.74. The first kappa shape index (κ1) is 19.8. The smallest absolute Gasteiger partial charge is 0.251 e. The van der Waals surface area contributed by atoms with E-state index in [0.29, 0.717) is 22.9 Å². The maximum atomic E-state index is 12.3. The molecule has 26 heavy (non-hydrogen) atoms. The van der Waals surface area contributed by atoms with Gasteiger partial charge >= 0.3 is 0 Å². The summed E-state index contributed by atoms with van der Waals surface area (Å²) in [7, 11) is 1.49. The SMILES string of the molecule is COc1ccccc1N(C=O)C(C)C(O)C(=O)NCc1cccc(Cl)c1. The Bertz CT molecular complexity index is 769. The lowest BCUT2D eigenvalue weighted by Gasteiger charge is -2.29. The number of amides is 2. The number of halogens is 1. The molecule has 2 N–H and O–H groups in total. The van der Waals surface area contributed by atoms with E-state index in [1.807, 2.05) is 6.07 Å². The number of carbonyl (C=O) groups excluding carboxylic acids is 2. The molecule has 0 fully saturated rings. The second kappa shape index (κ2) is 9.22. The van der Waals surface area contributed by atoms with Crippen LogP contribution in [-0.4, -0.2) is 36.7 Å². The largest absolute Gasteiger partial charge is 0.495 e. The van der Waals surface area contributed by atoms with Crippen molar-refractivity contribution in [2.75, 3.05) is 12.0 Å². The number of benzene rings is 2. The van der Waals surface area contributed by atoms with Gasteiger partial charge in [0.15, 0.2) is 6.10 Å². The number of nitrogens with one attached hydrogen (secondary N) is 1. The Hall–Kier alpha value is -2.57. The van der Waals surface area contributed by atoms with Crippen LogP contribution in [0.3, 0.4) is 0 Å². The Morgan fingerprint density at radius 3 is 2.69 bits per heavy atom. The summed E-state index contributed by atoms with van der Waals surface area (Å²) in [5.41, 5.74) is 1.28. The van der Waals surface area contributed by atoms with Gasteiger partial charge in [0, 0.05) is 11.6 Å². The van der Waals surface area contributed by atoms with Gasteiger partial charge in [-0.05, 0) is 36.8 Å². The number of aliphatic hydroxyl groups excluding tert-OH is 1. The molecule has 2 rings (SSSR count). The predicted octanol–water partition coefficient (Wildman–Crippen LogP) is 2.38. The molecule has 2 aromatic rings. The number of nitrogens with zero attached hydrogens (tertiary/aromatic N) is 1. The quantitative estimate of drug-likeness (QED) is 0.693. The number of methoxy groups -OCH3 is 1. The molecule has 2 atom stereocenters. The third kappa shape index (κ3) is 4.74. The summed E-state index contributed by atoms with van der Waals surface area (Å²) in [5, 5.41) is 13.6. The van der Waals surface area contributed by atoms with Gasteiger partial charge in [0.2, 0.25) is 6.41 Å². The third-order valence-corrected chi connectivity index (χ3v) is 4.23. The molecule has 2 unspecified atom stereocenters. The molecule has 6 nitrogen and oxygen atoms in total. The van der Waals surface area contributed by atoms with Crippen molar-refractivity contribution in [2.45, 2.75) is 25.6 Å². The highest BCUT2D eigenvalue weighted by Crippen LogP contribution is 2.28. The monoisotopic (exact) mass is 376 g/mol. The summed E-state index contributed by atoms with van der Waals surface area (Å²) in [4.78, 5) is 25.1. The number of rotatable bonds is 8. The Balaban J connectivity index is 2.07. The van der Waals surface area contributed by atoms with E-state index in [-0.39, 0.29) is 6.54 Å². The second-order valence-corrected chi connectivity index (χ2v) is 6.15. The standard InChI is InChI=1S/C19H21ClN2O4/c1-13(22(12-23)16-8-3-4-9-17(16)26-2)18(24)19(25)21-11-14-6-5-7-15(20)10-14/h3-10,12-13,18,24H,11H2,1-2H3,(H,21,25). The van der Waals surface area contributed by atoms with E-state index in [1.54, 1.807) is 49.4 Å². The van der Waals surface area contributed by atoms with Gasteiger partial charge in [-0.25, -0.2) is 0 Å². The molecule has 0 spiro atoms. The van der Waals surface area contributed by atoms with E-state index in [2.05, 4.69) is 5.32 Å². The number of para-hydroxylation sites is 2. The zero-order chi connectivity index (χ0) is 19.1. The van der Waals surface area contributed by atoms with Crippen LogP contribution in [0, 0.1) is 0 Å². The zero-order valence-corrected chi connectivity index (χ0v) is 15.3. The topological polar surface area (TPSA) is 78.9 Å². The zero-order valence-electron chi connectivity index (χ0n) is 14.6. The lowest BCUT2D eigenvalue weighted by Crippen LogP contribution is -2.49. The first-order chi connectivity index (χ1) is 12.5. The van der Waals surface area contributed by atoms with Crippen molar-refractivity contribution in [3.63, 3.8) is 0 Å². The first-order valence-corrected chi connectivity index (χ1v) is 8.42. The van der Waals surface area contributed by atoms with E-state index in [0.717, 1.165) is 5.56 Å². The highest BCUT2D eigenvalue weighted by molar-refractivity contribution is 6.30. The third-order valence-electron chi connectivity index (χ3n) is 4.00. The lowest BCUT2D eigenvalue weighted by molar-refractivity contribution is -0.130. The number of hydrogen-bond acceptors (Lipinski definition) is 4. The van der Waals surface area contributed by atoms with Crippen LogP contribution in [0.2, 0.25) is 5.02 Å². The number of anilines is 1. The van der Waals surface area contributed by atoms with Crippen LogP contribution in [0.1, 0.15) is 12.5 Å². The first-order valence-electron chi connectivity index (χ1n) is 8.04. The Morgan fingerprint density at radius 1 is 1.31 bits per heavy atom. The van der Waals surface area contributed by atoms with E-state index in [1.165, 1.54) is 12.0 Å². The van der Waals surface area contributed by atoms with Gasteiger partial charge < -0.3 is 20.1 Å². The molecule has 0 bridgehead atoms. The Kier molecular flexibility index (Phi) is 7.00. The maximum Gasteiger partial charge on any atom is 0.251 e. The molecule has 7 heteroatoms. The molecular weight excluding hydrogens is 356 g/mol. The van der Waals surface area contributed by atoms with Crippen LogP contribution in [0.15, 0.2) is 48.5 Å². The number of carbonyl (C=O) groups is 2. The van der Waals surface area contributed by atoms with Gasteiger partial charge in [-0.1, -0.05) is 35.9 Å². The van der Waals surface area contributed by atoms with Crippen LogP contribution in [0.4, 0.5) is 5.69 Å². The van der Waals surface area contributed by atoms with Crippen molar-refractivity contribution < 1.29 is 19.4 Å². The van der Waals surface area contributed by atoms with Gasteiger partial charge in [-0.3, -0.25) is 9.59 Å². The molecule has 0 saturated carbocycles. The van der Waals surface area contributed by atoms with Crippen molar-refractivity contribution in [2.24, 2.45) is 0 Å². The molecule has 2 aromatic carbocycles. The maximum absolute atomic E-state index is 12.3. The summed E-state index contributed by atoms with van der Waals surface area (Å²) < 4.78 is 5.24. The Morgan fingerprint density at radius 2 is 2.04 bits per heavy atom. The van der Waals surface area contributed by atoms with Crippen molar-refractivity contribution >= 4 is 29.6 Å². The van der Waals surface area contributed by atoms with Crippen LogP contribution in [0.25, 0.3) is 0 Å². The molecule has 0 heterocycles. The van der Waals surface area contributed by atoms with Gasteiger partial charge in [0.25, 0.3) is 5.91 Å². The van der Waals surface area contributed by atoms with Crippen molar-refractivity contribution in [3.8, 4) is 5.75 Å². The number of ether oxygens (including phenoxy) is 1. The predicted molar refractivity (Wildman–Crippen MR) is 100 cm³/mol. The molecule has 0 saturated heterocycles. The van der Waals surface area contributed by atoms with Crippen molar-refractivity contribution in [3.05, 3.63) is 59.1 Å². The van der Waals surface area contributed by atoms with Crippen molar-refractivity contribution in [1.82, 2.24) is 5.32 Å². The van der Waals surface area contributed by atoms with Gasteiger partial charge in [-0.2, -0.15) is 0 Å². The fourth-order valence-electron chi connectivity index (χ4n) is 2.53. The summed E-state index contributed by atoms with van der Waals surface area (Å²) in [5.74, 6) is -0.114. The normalized spacial score (nSPS) is 12.8. The van der Waals surface area contributed by atoms with E-state index in [9.17, 15) is 14.7 Å². The van der Waals surface area contributed by atoms with Crippen LogP contribution < -0.4 is 15.0 Å². The highest BCUT2D eigenvalue weighted by Gasteiger charge is 2.29. The molecule has 2 amide bonds. The fraction of sp³-hybridized carbons (Fsp3) is 0.263. The molecule has 0 aromatic heterocycles. The summed E-state index contributed by atoms with van der Waals surface area (Å²) in [6, 6.07) is 13.2. The Labute approximate surface area is 157 Å². The van der Waals surface area contributed by atoms with Crippen molar-refractivity contribution in [1.29, 1.82) is 0 Å². The van der Waals surface area contributed by atoms with E-state index < -0.39 is 18.1 Å². The lowest BCUT2D eigenvalue weighted by atomic mass is 10.1. The van der Waals surface area contributed by atoms with Crippen LogP contribution in [0.5, 0.6) is 5.75 Å². The summed E-state index contributed by atoms with van der Waals surface area (Å²) in [6.45, 7) is 1.81. The molecule has 0 aliphatic rings. The van der Waals surface area contributed by atoms with E-state index in [4.69, 9.17) is 16.3 Å². The average molecular weight is 377 g/mol. The summed E-state index contributed by atoms with van der Waals surface area (Å²) in [6.07, 6.45) is -0.847.